The average Bonchev–Trinajstić information content (AvgIpc) is 3.04. The van der Waals surface area contributed by atoms with Crippen LogP contribution in [0.25, 0.3) is 0 Å². The predicted molar refractivity (Wildman–Crippen MR) is 110 cm³/mol. The number of hydrogen-bond acceptors (Lipinski definition) is 5. The molecule has 4 atom stereocenters. The van der Waals surface area contributed by atoms with Gasteiger partial charge in [-0.2, -0.15) is 0 Å². The summed E-state index contributed by atoms with van der Waals surface area (Å²) in [5, 5.41) is 20.9. The van der Waals surface area contributed by atoms with Gasteiger partial charge in [-0.1, -0.05) is 30.3 Å². The van der Waals surface area contributed by atoms with Crippen LogP contribution in [-0.2, 0) is 23.4 Å². The van der Waals surface area contributed by atoms with Crippen molar-refractivity contribution in [3.8, 4) is 0 Å². The first-order chi connectivity index (χ1) is 14.2. The Labute approximate surface area is 172 Å². The number of aliphatic hydroxyl groups is 2. The van der Waals surface area contributed by atoms with Crippen LogP contribution in [0.4, 0.5) is 0 Å². The Balaban J connectivity index is 1.28. The quantitative estimate of drug-likeness (QED) is 0.784. The van der Waals surface area contributed by atoms with Gasteiger partial charge in [0.1, 0.15) is 5.60 Å². The number of aliphatic hydroxyl groups excluding tert-OH is 2. The molecule has 0 saturated carbocycles. The van der Waals surface area contributed by atoms with Gasteiger partial charge in [-0.25, -0.2) is 0 Å². The molecule has 0 bridgehead atoms. The maximum absolute atomic E-state index is 10.7. The minimum Gasteiger partial charge on any atom is -0.396 e. The molecule has 2 aliphatic heterocycles. The lowest BCUT2D eigenvalue weighted by molar-refractivity contribution is -0.134. The lowest BCUT2D eigenvalue weighted by atomic mass is 9.75. The van der Waals surface area contributed by atoms with Gasteiger partial charge >= 0.3 is 0 Å². The fourth-order valence-corrected chi connectivity index (χ4v) is 5.74. The number of aryl methyl sites for hydroxylation is 1. The van der Waals surface area contributed by atoms with E-state index >= 15 is 0 Å². The number of ether oxygens (including phenoxy) is 1. The first-order valence-corrected chi connectivity index (χ1v) is 10.9. The average molecular weight is 395 g/mol. The van der Waals surface area contributed by atoms with Gasteiger partial charge < -0.3 is 19.8 Å². The largest absolute Gasteiger partial charge is 0.396 e. The highest BCUT2D eigenvalue weighted by atomic mass is 16.5. The molecule has 5 heteroatoms. The predicted octanol–water partition coefficient (Wildman–Crippen LogP) is 2.81. The maximum Gasteiger partial charge on any atom is 0.101 e. The van der Waals surface area contributed by atoms with Gasteiger partial charge in [0.15, 0.2) is 0 Å². The van der Waals surface area contributed by atoms with Crippen LogP contribution in [0.1, 0.15) is 47.8 Å². The van der Waals surface area contributed by atoms with E-state index in [4.69, 9.17) is 4.74 Å². The lowest BCUT2D eigenvalue weighted by Gasteiger charge is -2.46. The number of piperidine rings is 1. The van der Waals surface area contributed by atoms with Gasteiger partial charge in [0.25, 0.3) is 0 Å². The molecule has 1 aromatic heterocycles. The number of fused-ring (bicyclic) bond motifs is 3. The standard InChI is InChI=1S/C24H30N2O3/c27-15-20-14-26(11-9-24(20)21-6-2-1-4-19(21)16-29-24)13-17-7-8-18-5-3-10-25-23(18)22(28)12-17/h1-6,10,17,20,22,27-28H,7-9,11-16H2/t17-,20?,22+,24?/m1/s1. The Morgan fingerprint density at radius 3 is 2.93 bits per heavy atom. The van der Waals surface area contributed by atoms with E-state index in [1.165, 1.54) is 16.7 Å². The van der Waals surface area contributed by atoms with E-state index < -0.39 is 6.10 Å². The van der Waals surface area contributed by atoms with Crippen molar-refractivity contribution < 1.29 is 14.9 Å². The molecule has 2 N–H and O–H groups in total. The summed E-state index contributed by atoms with van der Waals surface area (Å²) in [6.45, 7) is 3.53. The smallest absolute Gasteiger partial charge is 0.101 e. The highest BCUT2D eigenvalue weighted by molar-refractivity contribution is 5.37. The molecule has 3 heterocycles. The molecule has 154 valence electrons. The summed E-state index contributed by atoms with van der Waals surface area (Å²) in [7, 11) is 0. The molecule has 0 amide bonds. The van der Waals surface area contributed by atoms with E-state index in [0.717, 1.165) is 51.0 Å². The van der Waals surface area contributed by atoms with E-state index in [1.54, 1.807) is 6.20 Å². The molecule has 0 radical (unpaired) electrons. The second-order valence-corrected chi connectivity index (χ2v) is 8.93. The Morgan fingerprint density at radius 2 is 2.03 bits per heavy atom. The molecule has 1 aromatic carbocycles. The molecule has 1 saturated heterocycles. The van der Waals surface area contributed by atoms with Crippen LogP contribution in [0.15, 0.2) is 42.6 Å². The summed E-state index contributed by atoms with van der Waals surface area (Å²) in [5.41, 5.74) is 4.23. The molecule has 5 rings (SSSR count). The summed E-state index contributed by atoms with van der Waals surface area (Å²) in [6, 6.07) is 12.5. The molecule has 1 aliphatic carbocycles. The minimum absolute atomic E-state index is 0.0782. The minimum atomic E-state index is -0.478. The van der Waals surface area contributed by atoms with Crippen LogP contribution in [-0.4, -0.2) is 46.3 Å². The summed E-state index contributed by atoms with van der Waals surface area (Å²) in [6.07, 6.45) is 5.01. The summed E-state index contributed by atoms with van der Waals surface area (Å²) in [4.78, 5) is 6.89. The van der Waals surface area contributed by atoms with Crippen molar-refractivity contribution in [3.63, 3.8) is 0 Å². The van der Waals surface area contributed by atoms with Crippen molar-refractivity contribution >= 4 is 0 Å². The second-order valence-electron chi connectivity index (χ2n) is 8.93. The Morgan fingerprint density at radius 1 is 1.17 bits per heavy atom. The fraction of sp³-hybridized carbons (Fsp3) is 0.542. The van der Waals surface area contributed by atoms with Gasteiger partial charge in [-0.15, -0.1) is 0 Å². The van der Waals surface area contributed by atoms with E-state index in [-0.39, 0.29) is 18.1 Å². The van der Waals surface area contributed by atoms with Gasteiger partial charge in [0.2, 0.25) is 0 Å². The van der Waals surface area contributed by atoms with Crippen molar-refractivity contribution in [2.45, 2.75) is 44.0 Å². The number of pyridine rings is 1. The van der Waals surface area contributed by atoms with E-state index in [9.17, 15) is 10.2 Å². The van der Waals surface area contributed by atoms with Crippen molar-refractivity contribution in [2.24, 2.45) is 11.8 Å². The van der Waals surface area contributed by atoms with E-state index in [1.807, 2.05) is 6.07 Å². The summed E-state index contributed by atoms with van der Waals surface area (Å²) >= 11 is 0. The molecule has 2 aromatic rings. The highest BCUT2D eigenvalue weighted by Crippen LogP contribution is 2.47. The van der Waals surface area contributed by atoms with Crippen molar-refractivity contribution in [2.75, 3.05) is 26.2 Å². The highest BCUT2D eigenvalue weighted by Gasteiger charge is 2.49. The van der Waals surface area contributed by atoms with Crippen LogP contribution in [0.2, 0.25) is 0 Å². The molecule has 1 fully saturated rings. The van der Waals surface area contributed by atoms with Gasteiger partial charge in [-0.05, 0) is 54.4 Å². The van der Waals surface area contributed by atoms with Gasteiger partial charge in [0, 0.05) is 31.7 Å². The molecular formula is C24H30N2O3. The monoisotopic (exact) mass is 394 g/mol. The number of nitrogens with zero attached hydrogens (tertiary/aromatic N) is 2. The Kier molecular flexibility index (Phi) is 5.16. The Hall–Kier alpha value is -1.79. The molecule has 3 aliphatic rings. The van der Waals surface area contributed by atoms with Crippen molar-refractivity contribution in [3.05, 3.63) is 65.0 Å². The van der Waals surface area contributed by atoms with Crippen LogP contribution in [0.3, 0.4) is 0 Å². The molecule has 29 heavy (non-hydrogen) atoms. The fourth-order valence-electron chi connectivity index (χ4n) is 5.74. The van der Waals surface area contributed by atoms with Crippen molar-refractivity contribution in [1.82, 2.24) is 9.88 Å². The second kappa shape index (κ2) is 7.80. The third kappa shape index (κ3) is 3.40. The summed E-state index contributed by atoms with van der Waals surface area (Å²) < 4.78 is 6.34. The normalized spacial score (nSPS) is 32.0. The number of likely N-dealkylation sites (tertiary alicyclic amines) is 1. The van der Waals surface area contributed by atoms with Gasteiger partial charge in [0.05, 0.1) is 25.0 Å². The third-order valence-electron chi connectivity index (χ3n) is 7.25. The van der Waals surface area contributed by atoms with E-state index in [0.29, 0.717) is 12.5 Å². The third-order valence-corrected chi connectivity index (χ3v) is 7.25. The SMILES string of the molecule is OCC1CN(C[C@@H]2CCc3cccnc3[C@@H](O)C2)CCC12OCc1ccccc12. The number of rotatable bonds is 3. The zero-order chi connectivity index (χ0) is 19.8. The zero-order valence-corrected chi connectivity index (χ0v) is 16.8. The number of hydrogen-bond donors (Lipinski definition) is 2. The Bertz CT molecular complexity index is 873. The van der Waals surface area contributed by atoms with Crippen LogP contribution >= 0.6 is 0 Å². The first kappa shape index (κ1) is 19.2. The van der Waals surface area contributed by atoms with Crippen molar-refractivity contribution in [1.29, 1.82) is 0 Å². The lowest BCUT2D eigenvalue weighted by Crippen LogP contribution is -2.52. The topological polar surface area (TPSA) is 65.8 Å². The maximum atomic E-state index is 10.7. The molecule has 5 nitrogen and oxygen atoms in total. The zero-order valence-electron chi connectivity index (χ0n) is 16.8. The number of benzene rings is 1. The summed E-state index contributed by atoms with van der Waals surface area (Å²) in [5.74, 6) is 0.513. The van der Waals surface area contributed by atoms with Crippen LogP contribution < -0.4 is 0 Å². The number of aromatic nitrogens is 1. The van der Waals surface area contributed by atoms with Crippen LogP contribution in [0, 0.1) is 11.8 Å². The molecule has 1 spiro atoms. The van der Waals surface area contributed by atoms with Gasteiger partial charge in [-0.3, -0.25) is 4.98 Å². The van der Waals surface area contributed by atoms with Crippen LogP contribution in [0.5, 0.6) is 0 Å². The molecular weight excluding hydrogens is 364 g/mol. The first-order valence-electron chi connectivity index (χ1n) is 10.9. The molecule has 2 unspecified atom stereocenters. The van der Waals surface area contributed by atoms with E-state index in [2.05, 4.69) is 40.2 Å².